The molecule has 0 aromatic heterocycles. The van der Waals surface area contributed by atoms with Crippen LogP contribution < -0.4 is 5.73 Å². The van der Waals surface area contributed by atoms with Gasteiger partial charge in [0, 0.05) is 12.6 Å². The van der Waals surface area contributed by atoms with E-state index in [9.17, 15) is 9.90 Å². The fraction of sp³-hybridized carbons (Fsp3) is 0.611. The topological polar surface area (TPSA) is 75.8 Å². The van der Waals surface area contributed by atoms with Crippen LogP contribution in [-0.2, 0) is 16.0 Å². The summed E-state index contributed by atoms with van der Waals surface area (Å²) in [5.74, 6) is -0.124. The molecule has 1 heterocycles. The predicted molar refractivity (Wildman–Crippen MR) is 89.9 cm³/mol. The first-order chi connectivity index (χ1) is 11.0. The summed E-state index contributed by atoms with van der Waals surface area (Å²) in [6.07, 6.45) is 1.69. The van der Waals surface area contributed by atoms with E-state index in [1.54, 1.807) is 6.92 Å². The molecule has 1 fully saturated rings. The van der Waals surface area contributed by atoms with Crippen LogP contribution in [0.5, 0.6) is 0 Å². The number of methoxy groups -OCH3 is 1. The van der Waals surface area contributed by atoms with Gasteiger partial charge < -0.3 is 20.5 Å². The molecule has 0 amide bonds. The van der Waals surface area contributed by atoms with Gasteiger partial charge in [0.2, 0.25) is 0 Å². The third-order valence-corrected chi connectivity index (χ3v) is 4.91. The lowest BCUT2D eigenvalue weighted by molar-refractivity contribution is -0.156. The van der Waals surface area contributed by atoms with E-state index in [0.717, 1.165) is 31.5 Å². The number of nitrogens with two attached hydrogens (primary N) is 1. The molecule has 0 aliphatic carbocycles. The van der Waals surface area contributed by atoms with Gasteiger partial charge in [-0.1, -0.05) is 30.3 Å². The van der Waals surface area contributed by atoms with E-state index in [4.69, 9.17) is 10.5 Å². The maximum absolute atomic E-state index is 12.4. The number of aliphatic hydroxyl groups excluding tert-OH is 1. The van der Waals surface area contributed by atoms with Crippen molar-refractivity contribution in [1.29, 1.82) is 0 Å². The number of rotatable bonds is 6. The van der Waals surface area contributed by atoms with E-state index in [-0.39, 0.29) is 12.0 Å². The molecule has 1 aromatic carbocycles. The number of esters is 1. The van der Waals surface area contributed by atoms with Crippen molar-refractivity contribution in [1.82, 2.24) is 4.90 Å². The molecule has 1 aromatic rings. The molecule has 2 atom stereocenters. The summed E-state index contributed by atoms with van der Waals surface area (Å²) in [5, 5.41) is 9.55. The van der Waals surface area contributed by atoms with Gasteiger partial charge in [0.05, 0.1) is 18.6 Å². The number of ether oxygens (including phenoxy) is 1. The maximum atomic E-state index is 12.4. The second-order valence-corrected chi connectivity index (χ2v) is 6.64. The van der Waals surface area contributed by atoms with Crippen LogP contribution in [0, 0.1) is 5.41 Å². The molecule has 1 saturated heterocycles. The summed E-state index contributed by atoms with van der Waals surface area (Å²) in [4.78, 5) is 14.7. The Labute approximate surface area is 138 Å². The molecule has 128 valence electrons. The second kappa shape index (κ2) is 7.90. The van der Waals surface area contributed by atoms with Crippen LogP contribution in [0.2, 0.25) is 0 Å². The van der Waals surface area contributed by atoms with Crippen molar-refractivity contribution >= 4 is 5.97 Å². The fourth-order valence-corrected chi connectivity index (χ4v) is 3.27. The van der Waals surface area contributed by atoms with Crippen LogP contribution in [0.4, 0.5) is 0 Å². The molecular formula is C18H28N2O3. The third-order valence-electron chi connectivity index (χ3n) is 4.91. The van der Waals surface area contributed by atoms with Crippen molar-refractivity contribution in [2.75, 3.05) is 26.7 Å². The lowest BCUT2D eigenvalue weighted by Gasteiger charge is -2.40. The minimum absolute atomic E-state index is 0.124. The molecule has 5 heteroatoms. The first kappa shape index (κ1) is 17.9. The number of benzene rings is 1. The van der Waals surface area contributed by atoms with Crippen LogP contribution in [-0.4, -0.2) is 54.9 Å². The Morgan fingerprint density at radius 3 is 2.48 bits per heavy atom. The number of nitrogens with zero attached hydrogens (tertiary/aromatic N) is 1. The Balaban J connectivity index is 2.03. The smallest absolute Gasteiger partial charge is 0.312 e. The van der Waals surface area contributed by atoms with Gasteiger partial charge in [-0.15, -0.1) is 0 Å². The van der Waals surface area contributed by atoms with E-state index >= 15 is 0 Å². The highest BCUT2D eigenvalue weighted by atomic mass is 16.5. The van der Waals surface area contributed by atoms with Crippen LogP contribution in [0.15, 0.2) is 30.3 Å². The third kappa shape index (κ3) is 4.53. The molecule has 2 rings (SSSR count). The lowest BCUT2D eigenvalue weighted by atomic mass is 9.73. The monoisotopic (exact) mass is 320 g/mol. The molecule has 0 bridgehead atoms. The van der Waals surface area contributed by atoms with Crippen molar-refractivity contribution in [3.05, 3.63) is 35.9 Å². The van der Waals surface area contributed by atoms with Gasteiger partial charge in [0.15, 0.2) is 0 Å². The zero-order valence-electron chi connectivity index (χ0n) is 14.1. The van der Waals surface area contributed by atoms with Gasteiger partial charge in [-0.25, -0.2) is 0 Å². The summed E-state index contributed by atoms with van der Waals surface area (Å²) in [6.45, 7) is 3.95. The normalized spacial score (nSPS) is 20.7. The van der Waals surface area contributed by atoms with Gasteiger partial charge in [0.25, 0.3) is 0 Å². The predicted octanol–water partition coefficient (Wildman–Crippen LogP) is 1.19. The van der Waals surface area contributed by atoms with Gasteiger partial charge in [-0.05, 0) is 44.8 Å². The van der Waals surface area contributed by atoms with Crippen LogP contribution in [0.25, 0.3) is 0 Å². The average Bonchev–Trinajstić information content (AvgIpc) is 2.56. The highest BCUT2D eigenvalue weighted by Gasteiger charge is 2.42. The summed E-state index contributed by atoms with van der Waals surface area (Å²) >= 11 is 0. The van der Waals surface area contributed by atoms with E-state index in [1.807, 2.05) is 18.2 Å². The Hall–Kier alpha value is -1.43. The molecular weight excluding hydrogens is 292 g/mol. The first-order valence-electron chi connectivity index (χ1n) is 8.25. The minimum atomic E-state index is -0.522. The van der Waals surface area contributed by atoms with Gasteiger partial charge in [-0.3, -0.25) is 4.79 Å². The Bertz CT molecular complexity index is 496. The molecule has 1 aliphatic heterocycles. The summed E-state index contributed by atoms with van der Waals surface area (Å²) < 4.78 is 5.10. The molecule has 23 heavy (non-hydrogen) atoms. The number of carbonyl (C=O) groups excluding carboxylic acids is 1. The van der Waals surface area contributed by atoms with Crippen molar-refractivity contribution < 1.29 is 14.6 Å². The van der Waals surface area contributed by atoms with Crippen molar-refractivity contribution in [2.24, 2.45) is 11.1 Å². The minimum Gasteiger partial charge on any atom is -0.469 e. The van der Waals surface area contributed by atoms with Gasteiger partial charge in [-0.2, -0.15) is 0 Å². The van der Waals surface area contributed by atoms with Gasteiger partial charge >= 0.3 is 5.97 Å². The Morgan fingerprint density at radius 1 is 1.35 bits per heavy atom. The molecule has 2 unspecified atom stereocenters. The summed E-state index contributed by atoms with van der Waals surface area (Å²) in [7, 11) is 1.46. The summed E-state index contributed by atoms with van der Waals surface area (Å²) in [6, 6.07) is 9.83. The lowest BCUT2D eigenvalue weighted by Crippen LogP contribution is -2.51. The molecule has 1 aliphatic rings. The highest BCUT2D eigenvalue weighted by molar-refractivity contribution is 5.77. The SMILES string of the molecule is COC(=O)C1(Cc2ccccc2)CCN(CC(N)C(C)O)CC1. The van der Waals surface area contributed by atoms with Crippen LogP contribution >= 0.6 is 0 Å². The number of hydrogen-bond donors (Lipinski definition) is 2. The maximum Gasteiger partial charge on any atom is 0.312 e. The van der Waals surface area contributed by atoms with Crippen LogP contribution in [0.3, 0.4) is 0 Å². The largest absolute Gasteiger partial charge is 0.469 e. The standard InChI is InChI=1S/C18H28N2O3/c1-14(21)16(19)13-20-10-8-18(9-11-20,17(22)23-2)12-15-6-4-3-5-7-15/h3-7,14,16,21H,8-13,19H2,1-2H3. The van der Waals surface area contributed by atoms with E-state index in [0.29, 0.717) is 13.0 Å². The zero-order valence-corrected chi connectivity index (χ0v) is 14.1. The molecule has 0 spiro atoms. The number of hydrogen-bond acceptors (Lipinski definition) is 5. The van der Waals surface area contributed by atoms with Crippen molar-refractivity contribution in [3.8, 4) is 0 Å². The first-order valence-corrected chi connectivity index (χ1v) is 8.25. The van der Waals surface area contributed by atoms with Crippen LogP contribution in [0.1, 0.15) is 25.3 Å². The van der Waals surface area contributed by atoms with E-state index in [2.05, 4.69) is 17.0 Å². The van der Waals surface area contributed by atoms with Crippen molar-refractivity contribution in [3.63, 3.8) is 0 Å². The number of carbonyl (C=O) groups is 1. The van der Waals surface area contributed by atoms with E-state index < -0.39 is 11.5 Å². The summed E-state index contributed by atoms with van der Waals surface area (Å²) in [5.41, 5.74) is 6.64. The number of likely N-dealkylation sites (tertiary alicyclic amines) is 1. The Kier molecular flexibility index (Phi) is 6.16. The second-order valence-electron chi connectivity index (χ2n) is 6.64. The molecule has 5 nitrogen and oxygen atoms in total. The zero-order chi connectivity index (χ0) is 16.9. The molecule has 0 radical (unpaired) electrons. The molecule has 3 N–H and O–H groups in total. The fourth-order valence-electron chi connectivity index (χ4n) is 3.27. The average molecular weight is 320 g/mol. The van der Waals surface area contributed by atoms with E-state index in [1.165, 1.54) is 7.11 Å². The number of piperidine rings is 1. The number of aliphatic hydroxyl groups is 1. The van der Waals surface area contributed by atoms with Gasteiger partial charge in [0.1, 0.15) is 0 Å². The quantitative estimate of drug-likeness (QED) is 0.770. The highest BCUT2D eigenvalue weighted by Crippen LogP contribution is 2.36. The Morgan fingerprint density at radius 2 is 1.96 bits per heavy atom. The van der Waals surface area contributed by atoms with Crippen molar-refractivity contribution in [2.45, 2.75) is 38.3 Å². The molecule has 0 saturated carbocycles.